The molecule has 15 heavy (non-hydrogen) atoms. The predicted molar refractivity (Wildman–Crippen MR) is 53.8 cm³/mol. The van der Waals surface area contributed by atoms with Gasteiger partial charge in [-0.2, -0.15) is 13.2 Å². The quantitative estimate of drug-likeness (QED) is 0.786. The highest BCUT2D eigenvalue weighted by molar-refractivity contribution is 4.76. The molecule has 0 aromatic heterocycles. The van der Waals surface area contributed by atoms with Gasteiger partial charge < -0.3 is 10.2 Å². The van der Waals surface area contributed by atoms with Gasteiger partial charge in [0.05, 0.1) is 6.42 Å². The molecule has 1 fully saturated rings. The Hall–Kier alpha value is -0.290. The zero-order valence-electron chi connectivity index (χ0n) is 9.11. The average Bonchev–Trinajstić information content (AvgIpc) is 2.16. The molecule has 0 radical (unpaired) electrons. The Morgan fingerprint density at radius 2 is 1.87 bits per heavy atom. The lowest BCUT2D eigenvalue weighted by molar-refractivity contribution is -0.138. The zero-order chi connectivity index (χ0) is 11.3. The summed E-state index contributed by atoms with van der Waals surface area (Å²) < 4.78 is 35.9. The second-order valence-corrected chi connectivity index (χ2v) is 4.04. The highest BCUT2D eigenvalue weighted by Gasteiger charge is 2.28. The first-order valence-corrected chi connectivity index (χ1v) is 5.54. The van der Waals surface area contributed by atoms with Gasteiger partial charge in [-0.1, -0.05) is 6.92 Å². The summed E-state index contributed by atoms with van der Waals surface area (Å²) in [4.78, 5) is 1.90. The SMILES string of the molecule is CCNC1CCN(CCC(F)(F)F)CC1. The van der Waals surface area contributed by atoms with Crippen molar-refractivity contribution in [3.05, 3.63) is 0 Å². The normalized spacial score (nSPS) is 20.8. The Morgan fingerprint density at radius 1 is 1.27 bits per heavy atom. The molecule has 1 aliphatic heterocycles. The monoisotopic (exact) mass is 224 g/mol. The maximum atomic E-state index is 12.0. The van der Waals surface area contributed by atoms with Gasteiger partial charge in [0.1, 0.15) is 0 Å². The number of nitrogens with one attached hydrogen (secondary N) is 1. The van der Waals surface area contributed by atoms with Crippen LogP contribution in [0.2, 0.25) is 0 Å². The first-order chi connectivity index (χ1) is 7.01. The molecule has 90 valence electrons. The number of piperidine rings is 1. The first-order valence-electron chi connectivity index (χ1n) is 5.54. The Morgan fingerprint density at radius 3 is 2.33 bits per heavy atom. The molecule has 1 N–H and O–H groups in total. The lowest BCUT2D eigenvalue weighted by Gasteiger charge is -2.32. The van der Waals surface area contributed by atoms with Crippen molar-refractivity contribution in [1.82, 2.24) is 10.2 Å². The topological polar surface area (TPSA) is 15.3 Å². The number of halogens is 3. The van der Waals surface area contributed by atoms with Crippen LogP contribution in [0.3, 0.4) is 0 Å². The molecule has 1 rings (SSSR count). The van der Waals surface area contributed by atoms with E-state index in [2.05, 4.69) is 12.2 Å². The van der Waals surface area contributed by atoms with Crippen molar-refractivity contribution in [2.75, 3.05) is 26.2 Å². The fraction of sp³-hybridized carbons (Fsp3) is 1.00. The molecule has 0 atom stereocenters. The average molecular weight is 224 g/mol. The van der Waals surface area contributed by atoms with Crippen molar-refractivity contribution in [3.63, 3.8) is 0 Å². The molecule has 0 unspecified atom stereocenters. The number of likely N-dealkylation sites (tertiary alicyclic amines) is 1. The molecular formula is C10H19F3N2. The van der Waals surface area contributed by atoms with E-state index < -0.39 is 12.6 Å². The molecule has 0 amide bonds. The highest BCUT2D eigenvalue weighted by Crippen LogP contribution is 2.21. The molecule has 1 saturated heterocycles. The number of hydrogen-bond acceptors (Lipinski definition) is 2. The summed E-state index contributed by atoms with van der Waals surface area (Å²) in [5, 5.41) is 3.33. The smallest absolute Gasteiger partial charge is 0.314 e. The lowest BCUT2D eigenvalue weighted by atomic mass is 10.0. The first kappa shape index (κ1) is 12.8. The Labute approximate surface area is 88.8 Å². The Bertz CT molecular complexity index is 174. The van der Waals surface area contributed by atoms with E-state index in [4.69, 9.17) is 0 Å². The van der Waals surface area contributed by atoms with Gasteiger partial charge in [0.15, 0.2) is 0 Å². The Kier molecular flexibility index (Phi) is 4.86. The van der Waals surface area contributed by atoms with Crippen LogP contribution in [0.4, 0.5) is 13.2 Å². The molecule has 0 aliphatic carbocycles. The minimum absolute atomic E-state index is 0.155. The maximum Gasteiger partial charge on any atom is 0.390 e. The summed E-state index contributed by atoms with van der Waals surface area (Å²) in [6.45, 7) is 4.72. The number of hydrogen-bond donors (Lipinski definition) is 1. The fourth-order valence-corrected chi connectivity index (χ4v) is 1.93. The predicted octanol–water partition coefficient (Wildman–Crippen LogP) is 2.01. The summed E-state index contributed by atoms with van der Waals surface area (Å²) in [6.07, 6.45) is -2.77. The fourth-order valence-electron chi connectivity index (χ4n) is 1.93. The van der Waals surface area contributed by atoms with Crippen LogP contribution in [0.5, 0.6) is 0 Å². The lowest BCUT2D eigenvalue weighted by Crippen LogP contribution is -2.43. The summed E-state index contributed by atoms with van der Waals surface area (Å²) in [5.74, 6) is 0. The van der Waals surface area contributed by atoms with Gasteiger partial charge in [-0.05, 0) is 32.5 Å². The van der Waals surface area contributed by atoms with E-state index in [0.29, 0.717) is 6.04 Å². The van der Waals surface area contributed by atoms with Crippen molar-refractivity contribution in [2.24, 2.45) is 0 Å². The van der Waals surface area contributed by atoms with Gasteiger partial charge in [0.25, 0.3) is 0 Å². The van der Waals surface area contributed by atoms with E-state index >= 15 is 0 Å². The minimum Gasteiger partial charge on any atom is -0.314 e. The van der Waals surface area contributed by atoms with Crippen LogP contribution in [-0.4, -0.2) is 43.3 Å². The van der Waals surface area contributed by atoms with Crippen LogP contribution < -0.4 is 5.32 Å². The van der Waals surface area contributed by atoms with E-state index in [0.717, 1.165) is 32.5 Å². The maximum absolute atomic E-state index is 12.0. The van der Waals surface area contributed by atoms with Gasteiger partial charge in [-0.15, -0.1) is 0 Å². The van der Waals surface area contributed by atoms with Gasteiger partial charge in [0.2, 0.25) is 0 Å². The third-order valence-electron chi connectivity index (χ3n) is 2.79. The van der Waals surface area contributed by atoms with Crippen LogP contribution in [0, 0.1) is 0 Å². The Balaban J connectivity index is 2.15. The van der Waals surface area contributed by atoms with Gasteiger partial charge >= 0.3 is 6.18 Å². The van der Waals surface area contributed by atoms with Gasteiger partial charge in [-0.3, -0.25) is 0 Å². The molecule has 0 bridgehead atoms. The number of alkyl halides is 3. The van der Waals surface area contributed by atoms with E-state index in [1.54, 1.807) is 0 Å². The van der Waals surface area contributed by atoms with Crippen LogP contribution in [-0.2, 0) is 0 Å². The zero-order valence-corrected chi connectivity index (χ0v) is 9.11. The largest absolute Gasteiger partial charge is 0.390 e. The van der Waals surface area contributed by atoms with E-state index in [1.807, 2.05) is 4.90 Å². The molecule has 1 aliphatic rings. The molecule has 0 aromatic rings. The summed E-state index contributed by atoms with van der Waals surface area (Å²) in [6, 6.07) is 0.497. The highest BCUT2D eigenvalue weighted by atomic mass is 19.4. The van der Waals surface area contributed by atoms with E-state index in [1.165, 1.54) is 0 Å². The van der Waals surface area contributed by atoms with Crippen LogP contribution in [0.25, 0.3) is 0 Å². The van der Waals surface area contributed by atoms with Crippen LogP contribution in [0.1, 0.15) is 26.2 Å². The summed E-state index contributed by atoms with van der Waals surface area (Å²) in [5.41, 5.74) is 0. The number of rotatable bonds is 4. The molecule has 1 heterocycles. The molecular weight excluding hydrogens is 205 g/mol. The third-order valence-corrected chi connectivity index (χ3v) is 2.79. The molecule has 0 spiro atoms. The van der Waals surface area contributed by atoms with E-state index in [-0.39, 0.29) is 6.54 Å². The molecule has 2 nitrogen and oxygen atoms in total. The second-order valence-electron chi connectivity index (χ2n) is 4.04. The van der Waals surface area contributed by atoms with Crippen molar-refractivity contribution < 1.29 is 13.2 Å². The molecule has 0 saturated carbocycles. The third kappa shape index (κ3) is 5.37. The molecule has 0 aromatic carbocycles. The van der Waals surface area contributed by atoms with Crippen molar-refractivity contribution in [2.45, 2.75) is 38.4 Å². The van der Waals surface area contributed by atoms with Crippen LogP contribution >= 0.6 is 0 Å². The standard InChI is InChI=1S/C10H19F3N2/c1-2-14-9-3-6-15(7-4-9)8-5-10(11,12)13/h9,14H,2-8H2,1H3. The van der Waals surface area contributed by atoms with Crippen molar-refractivity contribution in [1.29, 1.82) is 0 Å². The van der Waals surface area contributed by atoms with Crippen LogP contribution in [0.15, 0.2) is 0 Å². The van der Waals surface area contributed by atoms with Gasteiger partial charge in [-0.25, -0.2) is 0 Å². The van der Waals surface area contributed by atoms with Gasteiger partial charge in [0, 0.05) is 12.6 Å². The number of nitrogens with zero attached hydrogens (tertiary/aromatic N) is 1. The summed E-state index contributed by atoms with van der Waals surface area (Å²) >= 11 is 0. The second kappa shape index (κ2) is 5.70. The van der Waals surface area contributed by atoms with E-state index in [9.17, 15) is 13.2 Å². The van der Waals surface area contributed by atoms with Crippen molar-refractivity contribution >= 4 is 0 Å². The van der Waals surface area contributed by atoms with Crippen molar-refractivity contribution in [3.8, 4) is 0 Å². The molecule has 5 heteroatoms. The summed E-state index contributed by atoms with van der Waals surface area (Å²) in [7, 11) is 0. The minimum atomic E-state index is -4.02.